The predicted molar refractivity (Wildman–Crippen MR) is 127 cm³/mol. The number of rotatable bonds is 6. The van der Waals surface area contributed by atoms with Crippen LogP contribution in [0.4, 0.5) is 0 Å². The van der Waals surface area contributed by atoms with E-state index < -0.39 is 21.5 Å². The molecule has 0 aromatic heterocycles. The molecule has 1 heterocycles. The fourth-order valence-electron chi connectivity index (χ4n) is 3.84. The first-order valence-electron chi connectivity index (χ1n) is 10.5. The van der Waals surface area contributed by atoms with Gasteiger partial charge < -0.3 is 4.90 Å². The average Bonchev–Trinajstić information content (AvgIpc) is 2.78. The van der Waals surface area contributed by atoms with Crippen LogP contribution in [0.1, 0.15) is 18.9 Å². The zero-order chi connectivity index (χ0) is 23.6. The van der Waals surface area contributed by atoms with Gasteiger partial charge >= 0.3 is 0 Å². The summed E-state index contributed by atoms with van der Waals surface area (Å²) in [5, 5.41) is 0.246. The molecule has 0 saturated carbocycles. The van der Waals surface area contributed by atoms with E-state index in [0.29, 0.717) is 13.0 Å². The van der Waals surface area contributed by atoms with Crippen molar-refractivity contribution in [3.05, 3.63) is 89.4 Å². The number of benzene rings is 3. The van der Waals surface area contributed by atoms with E-state index in [0.717, 1.165) is 16.7 Å². The Morgan fingerprint density at radius 1 is 0.970 bits per heavy atom. The summed E-state index contributed by atoms with van der Waals surface area (Å²) in [5.41, 5.74) is 1.72. The molecule has 0 radical (unpaired) electrons. The summed E-state index contributed by atoms with van der Waals surface area (Å²) in [5.74, 6) is -0.965. The maximum absolute atomic E-state index is 12.9. The van der Waals surface area contributed by atoms with Crippen LogP contribution in [0, 0.1) is 0 Å². The zero-order valence-electron chi connectivity index (χ0n) is 18.0. The summed E-state index contributed by atoms with van der Waals surface area (Å²) in [6.45, 7) is 1.97. The molecule has 6 nitrogen and oxygen atoms in total. The van der Waals surface area contributed by atoms with E-state index >= 15 is 0 Å². The monoisotopic (exact) mass is 482 g/mol. The summed E-state index contributed by atoms with van der Waals surface area (Å²) >= 11 is 5.87. The zero-order valence-corrected chi connectivity index (χ0v) is 19.6. The number of amides is 2. The van der Waals surface area contributed by atoms with E-state index in [9.17, 15) is 18.0 Å². The van der Waals surface area contributed by atoms with Gasteiger partial charge in [0.15, 0.2) is 0 Å². The van der Waals surface area contributed by atoms with Gasteiger partial charge in [-0.2, -0.15) is 0 Å². The highest BCUT2D eigenvalue weighted by molar-refractivity contribution is 7.90. The standard InChI is InChI=1S/C25H23ClN2O4S/c1-25(24(30)27-33(31,32)22-9-5-8-21(26)17-22)14-15-28(25)23(29)16-18-10-12-20(13-11-18)19-6-3-2-4-7-19/h2-13,17H,14-16H2,1H3,(H,27,30). The van der Waals surface area contributed by atoms with Gasteiger partial charge in [0.2, 0.25) is 5.91 Å². The fourth-order valence-corrected chi connectivity index (χ4v) is 5.21. The van der Waals surface area contributed by atoms with Crippen LogP contribution < -0.4 is 4.72 Å². The quantitative estimate of drug-likeness (QED) is 0.574. The Morgan fingerprint density at radius 3 is 2.24 bits per heavy atom. The first-order chi connectivity index (χ1) is 15.7. The highest BCUT2D eigenvalue weighted by atomic mass is 35.5. The maximum atomic E-state index is 12.9. The minimum atomic E-state index is -4.10. The number of carbonyl (C=O) groups is 2. The normalized spacial score (nSPS) is 17.8. The second-order valence-electron chi connectivity index (χ2n) is 8.20. The number of halogens is 1. The lowest BCUT2D eigenvalue weighted by Gasteiger charge is -2.49. The Hall–Kier alpha value is -3.16. The maximum Gasteiger partial charge on any atom is 0.264 e. The lowest BCUT2D eigenvalue weighted by atomic mass is 9.85. The van der Waals surface area contributed by atoms with Crippen molar-refractivity contribution in [1.29, 1.82) is 0 Å². The molecule has 170 valence electrons. The summed E-state index contributed by atoms with van der Waals surface area (Å²) in [7, 11) is -4.10. The summed E-state index contributed by atoms with van der Waals surface area (Å²) < 4.78 is 27.3. The second-order valence-corrected chi connectivity index (χ2v) is 10.3. The van der Waals surface area contributed by atoms with Gasteiger partial charge in [-0.25, -0.2) is 13.1 Å². The van der Waals surface area contributed by atoms with Crippen LogP contribution in [0.2, 0.25) is 5.02 Å². The van der Waals surface area contributed by atoms with Crippen LogP contribution in [0.15, 0.2) is 83.8 Å². The Morgan fingerprint density at radius 2 is 1.64 bits per heavy atom. The summed E-state index contributed by atoms with van der Waals surface area (Å²) in [4.78, 5) is 27.1. The largest absolute Gasteiger partial charge is 0.328 e. The van der Waals surface area contributed by atoms with Crippen molar-refractivity contribution >= 4 is 33.4 Å². The molecule has 1 unspecified atom stereocenters. The number of nitrogens with one attached hydrogen (secondary N) is 1. The highest BCUT2D eigenvalue weighted by Gasteiger charge is 2.50. The van der Waals surface area contributed by atoms with E-state index in [2.05, 4.69) is 4.72 Å². The molecule has 0 aliphatic carbocycles. The summed E-state index contributed by atoms with van der Waals surface area (Å²) in [6, 6.07) is 23.3. The van der Waals surface area contributed by atoms with Crippen LogP contribution in [-0.4, -0.2) is 37.2 Å². The Bertz CT molecular complexity index is 1290. The van der Waals surface area contributed by atoms with Gasteiger partial charge in [0.1, 0.15) is 5.54 Å². The van der Waals surface area contributed by atoms with Gasteiger partial charge in [-0.1, -0.05) is 72.3 Å². The molecular weight excluding hydrogens is 460 g/mol. The predicted octanol–water partition coefficient (Wildman–Crippen LogP) is 4.05. The van der Waals surface area contributed by atoms with Gasteiger partial charge in [-0.15, -0.1) is 0 Å². The Labute approximate surface area is 198 Å². The number of nitrogens with zero attached hydrogens (tertiary/aromatic N) is 1. The molecule has 8 heteroatoms. The van der Waals surface area contributed by atoms with E-state index in [4.69, 9.17) is 11.6 Å². The van der Waals surface area contributed by atoms with E-state index in [1.165, 1.54) is 23.1 Å². The third-order valence-electron chi connectivity index (χ3n) is 5.96. The van der Waals surface area contributed by atoms with Gasteiger partial charge in [0.05, 0.1) is 11.3 Å². The van der Waals surface area contributed by atoms with Crippen molar-refractivity contribution in [2.24, 2.45) is 0 Å². The van der Waals surface area contributed by atoms with Crippen molar-refractivity contribution in [2.45, 2.75) is 30.2 Å². The minimum Gasteiger partial charge on any atom is -0.328 e. The number of sulfonamides is 1. The lowest BCUT2D eigenvalue weighted by molar-refractivity contribution is -0.156. The van der Waals surface area contributed by atoms with E-state index in [1.54, 1.807) is 13.0 Å². The van der Waals surface area contributed by atoms with Crippen molar-refractivity contribution in [1.82, 2.24) is 9.62 Å². The van der Waals surface area contributed by atoms with Gasteiger partial charge in [0, 0.05) is 11.6 Å². The summed E-state index contributed by atoms with van der Waals surface area (Å²) in [6.07, 6.45) is 0.502. The molecule has 0 bridgehead atoms. The molecule has 0 spiro atoms. The van der Waals surface area contributed by atoms with Gasteiger partial charge in [-0.3, -0.25) is 9.59 Å². The number of hydrogen-bond acceptors (Lipinski definition) is 4. The second kappa shape index (κ2) is 9.00. The smallest absolute Gasteiger partial charge is 0.264 e. The van der Waals surface area contributed by atoms with Crippen molar-refractivity contribution < 1.29 is 18.0 Å². The number of hydrogen-bond donors (Lipinski definition) is 1. The molecule has 2 amide bonds. The highest BCUT2D eigenvalue weighted by Crippen LogP contribution is 2.32. The topological polar surface area (TPSA) is 83.6 Å². The Kier molecular flexibility index (Phi) is 6.28. The van der Waals surface area contributed by atoms with Crippen LogP contribution in [0.25, 0.3) is 11.1 Å². The molecule has 33 heavy (non-hydrogen) atoms. The van der Waals surface area contributed by atoms with Gasteiger partial charge in [-0.05, 0) is 48.2 Å². The first-order valence-corrected chi connectivity index (χ1v) is 12.3. The SMILES string of the molecule is CC1(C(=O)NS(=O)(=O)c2cccc(Cl)c2)CCN1C(=O)Cc1ccc(-c2ccccc2)cc1. The van der Waals surface area contributed by atoms with Crippen LogP contribution in [0.5, 0.6) is 0 Å². The molecule has 3 aromatic carbocycles. The molecule has 3 aromatic rings. The van der Waals surface area contributed by atoms with Crippen LogP contribution in [0.3, 0.4) is 0 Å². The van der Waals surface area contributed by atoms with Crippen molar-refractivity contribution in [2.75, 3.05) is 6.54 Å². The molecular formula is C25H23ClN2O4S. The van der Waals surface area contributed by atoms with Crippen molar-refractivity contribution in [3.63, 3.8) is 0 Å². The molecule has 1 N–H and O–H groups in total. The molecule has 1 atom stereocenters. The third kappa shape index (κ3) is 4.79. The fraction of sp³-hybridized carbons (Fsp3) is 0.200. The third-order valence-corrected chi connectivity index (χ3v) is 7.52. The molecule has 1 saturated heterocycles. The minimum absolute atomic E-state index is 0.109. The number of likely N-dealkylation sites (tertiary alicyclic amines) is 1. The molecule has 1 fully saturated rings. The van der Waals surface area contributed by atoms with Crippen LogP contribution in [-0.2, 0) is 26.0 Å². The molecule has 4 rings (SSSR count). The number of carbonyl (C=O) groups excluding carboxylic acids is 2. The lowest BCUT2D eigenvalue weighted by Crippen LogP contribution is -2.68. The average molecular weight is 483 g/mol. The van der Waals surface area contributed by atoms with E-state index in [1.807, 2.05) is 54.6 Å². The van der Waals surface area contributed by atoms with Crippen LogP contribution >= 0.6 is 11.6 Å². The van der Waals surface area contributed by atoms with Gasteiger partial charge in [0.25, 0.3) is 15.9 Å². The van der Waals surface area contributed by atoms with Crippen molar-refractivity contribution in [3.8, 4) is 11.1 Å². The molecule has 1 aliphatic rings. The molecule has 1 aliphatic heterocycles. The first kappa shape index (κ1) is 23.0. The van der Waals surface area contributed by atoms with E-state index in [-0.39, 0.29) is 22.2 Å². The Balaban J connectivity index is 1.43.